The Morgan fingerprint density at radius 3 is 2.50 bits per heavy atom. The molecule has 2 fully saturated rings. The van der Waals surface area contributed by atoms with Crippen molar-refractivity contribution in [3.63, 3.8) is 0 Å². The van der Waals surface area contributed by atoms with Gasteiger partial charge in [0, 0.05) is 32.0 Å². The zero-order valence-corrected chi connectivity index (χ0v) is 15.2. The Kier molecular flexibility index (Phi) is 4.53. The third kappa shape index (κ3) is 3.26. The lowest BCUT2D eigenvalue weighted by molar-refractivity contribution is -0.133. The van der Waals surface area contributed by atoms with Crippen LogP contribution in [0.25, 0.3) is 0 Å². The number of carbonyl (C=O) groups excluding carboxylic acids is 1. The first-order chi connectivity index (χ1) is 12.6. The number of benzene rings is 1. The van der Waals surface area contributed by atoms with Gasteiger partial charge in [0.2, 0.25) is 5.91 Å². The summed E-state index contributed by atoms with van der Waals surface area (Å²) in [6.45, 7) is 3.40. The molecular weight excluding hydrogens is 331 g/mol. The molecule has 0 N–H and O–H groups in total. The van der Waals surface area contributed by atoms with E-state index in [9.17, 15) is 9.18 Å². The fourth-order valence-corrected chi connectivity index (χ4v) is 4.32. The van der Waals surface area contributed by atoms with E-state index >= 15 is 0 Å². The van der Waals surface area contributed by atoms with E-state index in [1.807, 2.05) is 29.0 Å². The summed E-state index contributed by atoms with van der Waals surface area (Å²) in [5.41, 5.74) is 1.63. The lowest BCUT2D eigenvalue weighted by atomic mass is 9.71. The number of hydrogen-bond donors (Lipinski definition) is 0. The van der Waals surface area contributed by atoms with E-state index in [0.29, 0.717) is 0 Å². The highest BCUT2D eigenvalue weighted by Gasteiger charge is 2.45. The van der Waals surface area contributed by atoms with Crippen LogP contribution < -0.4 is 4.90 Å². The van der Waals surface area contributed by atoms with Gasteiger partial charge in [-0.05, 0) is 63.0 Å². The SMILES string of the molecule is Cn1cnc(CN2CCC3(CCCN(c4ccc(F)cc4)C3=O)CC2)c1. The highest BCUT2D eigenvalue weighted by atomic mass is 19.1. The summed E-state index contributed by atoms with van der Waals surface area (Å²) >= 11 is 0. The molecule has 0 aliphatic carbocycles. The van der Waals surface area contributed by atoms with Crippen LogP contribution >= 0.6 is 0 Å². The van der Waals surface area contributed by atoms with Crippen LogP contribution in [0.15, 0.2) is 36.8 Å². The molecule has 1 spiro atoms. The average Bonchev–Trinajstić information content (AvgIpc) is 3.05. The predicted molar refractivity (Wildman–Crippen MR) is 98.1 cm³/mol. The Morgan fingerprint density at radius 2 is 1.85 bits per heavy atom. The maximum Gasteiger partial charge on any atom is 0.233 e. The molecule has 3 heterocycles. The first-order valence-corrected chi connectivity index (χ1v) is 9.32. The van der Waals surface area contributed by atoms with Gasteiger partial charge in [0.05, 0.1) is 17.4 Å². The molecule has 2 aromatic rings. The maximum absolute atomic E-state index is 13.3. The molecule has 0 saturated carbocycles. The third-order valence-electron chi connectivity index (χ3n) is 5.83. The standard InChI is InChI=1S/C20H25FN4O/c1-23-13-17(22-15-23)14-24-11-8-20(9-12-24)7-2-10-25(19(20)26)18-5-3-16(21)4-6-18/h3-6,13,15H,2,7-12,14H2,1H3. The molecule has 4 rings (SSSR count). The van der Waals surface area contributed by atoms with Crippen LogP contribution in [0.5, 0.6) is 0 Å². The normalized spacial score (nSPS) is 20.7. The minimum atomic E-state index is -0.268. The zero-order valence-electron chi connectivity index (χ0n) is 15.2. The molecule has 0 radical (unpaired) electrons. The lowest BCUT2D eigenvalue weighted by Crippen LogP contribution is -2.53. The summed E-state index contributed by atoms with van der Waals surface area (Å²) < 4.78 is 15.2. The van der Waals surface area contributed by atoms with Crippen LogP contribution in [0.4, 0.5) is 10.1 Å². The molecule has 138 valence electrons. The fourth-order valence-electron chi connectivity index (χ4n) is 4.32. The molecule has 2 aliphatic rings. The Bertz CT molecular complexity index is 777. The van der Waals surface area contributed by atoms with Crippen molar-refractivity contribution in [1.29, 1.82) is 0 Å². The monoisotopic (exact) mass is 356 g/mol. The van der Waals surface area contributed by atoms with Crippen LogP contribution in [-0.2, 0) is 18.4 Å². The average molecular weight is 356 g/mol. The van der Waals surface area contributed by atoms with Gasteiger partial charge in [-0.1, -0.05) is 0 Å². The van der Waals surface area contributed by atoms with E-state index in [0.717, 1.165) is 63.2 Å². The molecule has 0 atom stereocenters. The van der Waals surface area contributed by atoms with Crippen molar-refractivity contribution >= 4 is 11.6 Å². The van der Waals surface area contributed by atoms with Crippen molar-refractivity contribution in [3.8, 4) is 0 Å². The Morgan fingerprint density at radius 1 is 1.12 bits per heavy atom. The number of rotatable bonds is 3. The molecule has 0 bridgehead atoms. The second kappa shape index (κ2) is 6.83. The number of carbonyl (C=O) groups is 1. The van der Waals surface area contributed by atoms with Crippen molar-refractivity contribution < 1.29 is 9.18 Å². The Hall–Kier alpha value is -2.21. The van der Waals surface area contributed by atoms with E-state index in [2.05, 4.69) is 9.88 Å². The number of anilines is 1. The van der Waals surface area contributed by atoms with Gasteiger partial charge < -0.3 is 9.47 Å². The van der Waals surface area contributed by atoms with Crippen LogP contribution in [0, 0.1) is 11.2 Å². The van der Waals surface area contributed by atoms with Crippen molar-refractivity contribution in [3.05, 3.63) is 48.3 Å². The summed E-state index contributed by atoms with van der Waals surface area (Å²) in [6.07, 6.45) is 7.61. The number of imidazole rings is 1. The Labute approximate surface area is 153 Å². The summed E-state index contributed by atoms with van der Waals surface area (Å²) in [7, 11) is 1.98. The van der Waals surface area contributed by atoms with E-state index < -0.39 is 0 Å². The smallest absolute Gasteiger partial charge is 0.233 e. The molecule has 26 heavy (non-hydrogen) atoms. The van der Waals surface area contributed by atoms with Crippen LogP contribution in [0.3, 0.4) is 0 Å². The molecule has 0 unspecified atom stereocenters. The van der Waals surface area contributed by atoms with Gasteiger partial charge in [-0.25, -0.2) is 9.37 Å². The summed E-state index contributed by atoms with van der Waals surface area (Å²) in [5.74, 6) is -0.0522. The number of amides is 1. The minimum absolute atomic E-state index is 0.216. The number of likely N-dealkylation sites (tertiary alicyclic amines) is 1. The molecule has 2 saturated heterocycles. The topological polar surface area (TPSA) is 41.4 Å². The van der Waals surface area contributed by atoms with Gasteiger partial charge in [0.15, 0.2) is 0 Å². The Balaban J connectivity index is 1.43. The molecule has 5 nitrogen and oxygen atoms in total. The number of aromatic nitrogens is 2. The van der Waals surface area contributed by atoms with Crippen LogP contribution in [0.2, 0.25) is 0 Å². The first kappa shape index (κ1) is 17.2. The van der Waals surface area contributed by atoms with Crippen LogP contribution in [-0.4, -0.2) is 40.0 Å². The van der Waals surface area contributed by atoms with Crippen molar-refractivity contribution in [2.24, 2.45) is 12.5 Å². The largest absolute Gasteiger partial charge is 0.340 e. The molecule has 2 aliphatic heterocycles. The van der Waals surface area contributed by atoms with E-state index in [1.54, 1.807) is 12.1 Å². The van der Waals surface area contributed by atoms with Gasteiger partial charge in [-0.3, -0.25) is 9.69 Å². The molecular formula is C20H25FN4O. The van der Waals surface area contributed by atoms with E-state index in [1.165, 1.54) is 12.1 Å². The maximum atomic E-state index is 13.3. The quantitative estimate of drug-likeness (QED) is 0.849. The highest BCUT2D eigenvalue weighted by molar-refractivity contribution is 5.98. The fraction of sp³-hybridized carbons (Fsp3) is 0.500. The molecule has 1 aromatic carbocycles. The van der Waals surface area contributed by atoms with E-state index in [-0.39, 0.29) is 17.1 Å². The van der Waals surface area contributed by atoms with Gasteiger partial charge in [-0.15, -0.1) is 0 Å². The number of aryl methyl sites for hydroxylation is 1. The second-order valence-corrected chi connectivity index (χ2v) is 7.62. The number of hydrogen-bond acceptors (Lipinski definition) is 3. The van der Waals surface area contributed by atoms with Crippen molar-refractivity contribution in [1.82, 2.24) is 14.5 Å². The van der Waals surface area contributed by atoms with Gasteiger partial charge >= 0.3 is 0 Å². The predicted octanol–water partition coefficient (Wildman–Crippen LogP) is 2.97. The number of halogens is 1. The zero-order chi connectivity index (χ0) is 18.1. The summed E-state index contributed by atoms with van der Waals surface area (Å²) in [6, 6.07) is 6.28. The van der Waals surface area contributed by atoms with Gasteiger partial charge in [0.1, 0.15) is 5.82 Å². The summed E-state index contributed by atoms with van der Waals surface area (Å²) in [5, 5.41) is 0. The summed E-state index contributed by atoms with van der Waals surface area (Å²) in [4.78, 5) is 21.9. The molecule has 1 amide bonds. The second-order valence-electron chi connectivity index (χ2n) is 7.62. The van der Waals surface area contributed by atoms with E-state index in [4.69, 9.17) is 0 Å². The third-order valence-corrected chi connectivity index (χ3v) is 5.83. The van der Waals surface area contributed by atoms with Gasteiger partial charge in [0.25, 0.3) is 0 Å². The van der Waals surface area contributed by atoms with Crippen molar-refractivity contribution in [2.45, 2.75) is 32.2 Å². The van der Waals surface area contributed by atoms with Gasteiger partial charge in [-0.2, -0.15) is 0 Å². The minimum Gasteiger partial charge on any atom is -0.340 e. The van der Waals surface area contributed by atoms with Crippen LogP contribution in [0.1, 0.15) is 31.4 Å². The first-order valence-electron chi connectivity index (χ1n) is 9.32. The van der Waals surface area contributed by atoms with Crippen molar-refractivity contribution in [2.75, 3.05) is 24.5 Å². The molecule has 6 heteroatoms. The lowest BCUT2D eigenvalue weighted by Gasteiger charge is -2.46. The highest BCUT2D eigenvalue weighted by Crippen LogP contribution is 2.42. The number of piperidine rings is 2. The molecule has 1 aromatic heterocycles. The number of nitrogens with zero attached hydrogens (tertiary/aromatic N) is 4.